The van der Waals surface area contributed by atoms with E-state index in [1.807, 2.05) is 59.5 Å². The molecule has 2 aliphatic rings. The quantitative estimate of drug-likeness (QED) is 0.112. The van der Waals surface area contributed by atoms with Crippen LogP contribution in [0.5, 0.6) is 5.75 Å². The number of urea groups is 1. The number of likely N-dealkylation sites (tertiary alicyclic amines) is 2. The molecule has 2 aliphatic heterocycles. The summed E-state index contributed by atoms with van der Waals surface area (Å²) in [5.41, 5.74) is 3.35. The van der Waals surface area contributed by atoms with Crippen LogP contribution in [-0.4, -0.2) is 95.6 Å². The lowest BCUT2D eigenvalue weighted by atomic mass is 9.93. The van der Waals surface area contributed by atoms with Crippen molar-refractivity contribution in [1.29, 1.82) is 0 Å². The van der Waals surface area contributed by atoms with Crippen LogP contribution in [0, 0.1) is 5.92 Å². The number of hydrogen-bond acceptors (Lipinski definition) is 8. The molecule has 3 heterocycles. The molecule has 51 heavy (non-hydrogen) atoms. The van der Waals surface area contributed by atoms with Crippen molar-refractivity contribution < 1.29 is 24.5 Å². The number of rotatable bonds is 12. The minimum Gasteiger partial charge on any atom is -0.506 e. The number of ether oxygens (including phenoxy) is 1. The number of aliphatic hydroxyl groups is 1. The van der Waals surface area contributed by atoms with Gasteiger partial charge in [-0.1, -0.05) is 54.6 Å². The lowest BCUT2D eigenvalue weighted by molar-refractivity contribution is 0.0592. The van der Waals surface area contributed by atoms with E-state index in [0.29, 0.717) is 35.5 Å². The number of amides is 3. The molecule has 6 rings (SSSR count). The fourth-order valence-electron chi connectivity index (χ4n) is 7.07. The van der Waals surface area contributed by atoms with Crippen molar-refractivity contribution in [2.24, 2.45) is 5.92 Å². The molecule has 12 nitrogen and oxygen atoms in total. The van der Waals surface area contributed by atoms with E-state index in [-0.39, 0.29) is 23.4 Å². The molecule has 2 fully saturated rings. The normalized spacial score (nSPS) is 16.5. The number of piperidine rings is 2. The average molecular weight is 697 g/mol. The number of fused-ring (bicyclic) bond motifs is 1. The van der Waals surface area contributed by atoms with E-state index in [1.54, 1.807) is 12.1 Å². The first-order chi connectivity index (χ1) is 24.8. The fraction of sp³-hybridized carbons (Fsp3) is 0.410. The van der Waals surface area contributed by atoms with Gasteiger partial charge in [-0.25, -0.2) is 9.59 Å². The second-order valence-electron chi connectivity index (χ2n) is 13.4. The maximum Gasteiger partial charge on any atom is 0.411 e. The topological polar surface area (TPSA) is 159 Å². The lowest BCUT2D eigenvalue weighted by Gasteiger charge is -2.33. The Bertz CT molecular complexity index is 1820. The second-order valence-corrected chi connectivity index (χ2v) is 13.4. The van der Waals surface area contributed by atoms with Crippen molar-refractivity contribution in [2.45, 2.75) is 44.3 Å². The number of nitrogens with one attached hydrogen (secondary N) is 4. The number of aromatic hydroxyl groups is 1. The summed E-state index contributed by atoms with van der Waals surface area (Å²) in [5.74, 6) is 0.474. The van der Waals surface area contributed by atoms with E-state index >= 15 is 0 Å². The van der Waals surface area contributed by atoms with Gasteiger partial charge in [0.15, 0.2) is 0 Å². The lowest BCUT2D eigenvalue weighted by Crippen LogP contribution is -2.47. The summed E-state index contributed by atoms with van der Waals surface area (Å²) < 4.78 is 5.76. The Hall–Kier alpha value is -4.91. The maximum atomic E-state index is 12.8. The summed E-state index contributed by atoms with van der Waals surface area (Å²) >= 11 is 0. The van der Waals surface area contributed by atoms with Crippen molar-refractivity contribution in [3.8, 4) is 16.9 Å². The number of carbonyl (C=O) groups is 2. The number of benzene rings is 3. The molecule has 1 aromatic heterocycles. The number of phenols is 1. The molecule has 1 atom stereocenters. The van der Waals surface area contributed by atoms with Crippen LogP contribution in [0.2, 0.25) is 0 Å². The Morgan fingerprint density at radius 2 is 1.63 bits per heavy atom. The van der Waals surface area contributed by atoms with Crippen molar-refractivity contribution in [1.82, 2.24) is 25.4 Å². The smallest absolute Gasteiger partial charge is 0.411 e. The fourth-order valence-corrected chi connectivity index (χ4v) is 7.07. The molecule has 12 heteroatoms. The highest BCUT2D eigenvalue weighted by Gasteiger charge is 2.25. The standard InChI is InChI=1S/C39H48N6O6/c46-34-12-10-31(32-11-13-36(48)43-37(32)34)35(47)26-40-19-14-27-15-23-45(24-16-27)38(49)41-20-25-44-21-17-29(18-22-44)51-39(50)42-33-9-5-4-8-30(33)28-6-2-1-3-7-28/h1-13,27,29,35,40,46-47H,14-26H2,(H,41,49)(H,42,50)(H,43,48)/t35-/m1/s1. The van der Waals surface area contributed by atoms with Crippen LogP contribution in [0.3, 0.4) is 0 Å². The maximum absolute atomic E-state index is 12.8. The number of phenolic OH excluding ortho intramolecular Hbond substituents is 1. The number of hydrogen-bond donors (Lipinski definition) is 6. The molecule has 0 saturated carbocycles. The van der Waals surface area contributed by atoms with Crippen molar-refractivity contribution >= 4 is 28.7 Å². The second kappa shape index (κ2) is 17.3. The Morgan fingerprint density at radius 1 is 0.882 bits per heavy atom. The molecule has 3 aromatic carbocycles. The number of aromatic amines is 1. The number of H-pyrrole nitrogens is 1. The summed E-state index contributed by atoms with van der Waals surface area (Å²) in [6, 6.07) is 23.8. The summed E-state index contributed by atoms with van der Waals surface area (Å²) in [4.78, 5) is 44.1. The predicted molar refractivity (Wildman–Crippen MR) is 198 cm³/mol. The van der Waals surface area contributed by atoms with Crippen LogP contribution in [0.4, 0.5) is 15.3 Å². The molecule has 270 valence electrons. The van der Waals surface area contributed by atoms with Gasteiger partial charge < -0.3 is 40.4 Å². The van der Waals surface area contributed by atoms with Crippen LogP contribution < -0.4 is 21.5 Å². The van der Waals surface area contributed by atoms with Gasteiger partial charge in [-0.15, -0.1) is 0 Å². The van der Waals surface area contributed by atoms with E-state index in [9.17, 15) is 24.6 Å². The van der Waals surface area contributed by atoms with Gasteiger partial charge in [-0.05, 0) is 73.9 Å². The van der Waals surface area contributed by atoms with Gasteiger partial charge in [0, 0.05) is 62.8 Å². The van der Waals surface area contributed by atoms with Crippen LogP contribution >= 0.6 is 0 Å². The van der Waals surface area contributed by atoms with E-state index in [0.717, 1.165) is 88.2 Å². The van der Waals surface area contributed by atoms with Gasteiger partial charge in [0.2, 0.25) is 5.56 Å². The number of para-hydroxylation sites is 1. The number of anilines is 1. The number of nitrogens with zero attached hydrogens (tertiary/aromatic N) is 2. The SMILES string of the molecule is O=C(Nc1ccccc1-c1ccccc1)OC1CCN(CCNC(=O)N2CCC(CCNC[C@@H](O)c3ccc(O)c4[nH]c(=O)ccc34)CC2)CC1. The molecule has 0 spiro atoms. The first-order valence-electron chi connectivity index (χ1n) is 17.9. The molecule has 4 aromatic rings. The van der Waals surface area contributed by atoms with Gasteiger partial charge in [-0.3, -0.25) is 10.1 Å². The molecule has 0 bridgehead atoms. The van der Waals surface area contributed by atoms with Gasteiger partial charge >= 0.3 is 12.1 Å². The van der Waals surface area contributed by atoms with Gasteiger partial charge in [0.1, 0.15) is 11.9 Å². The third-order valence-corrected chi connectivity index (χ3v) is 10.00. The van der Waals surface area contributed by atoms with Crippen LogP contribution in [0.15, 0.2) is 83.7 Å². The van der Waals surface area contributed by atoms with Gasteiger partial charge in [0.25, 0.3) is 0 Å². The average Bonchev–Trinajstić information content (AvgIpc) is 3.15. The molecule has 0 radical (unpaired) electrons. The minimum absolute atomic E-state index is 0.0251. The van der Waals surface area contributed by atoms with Gasteiger partial charge in [0.05, 0.1) is 17.3 Å². The zero-order valence-electron chi connectivity index (χ0n) is 28.9. The van der Waals surface area contributed by atoms with Crippen LogP contribution in [0.25, 0.3) is 22.0 Å². The van der Waals surface area contributed by atoms with E-state index in [2.05, 4.69) is 25.8 Å². The Morgan fingerprint density at radius 3 is 2.41 bits per heavy atom. The first kappa shape index (κ1) is 35.9. The third kappa shape index (κ3) is 9.66. The van der Waals surface area contributed by atoms with E-state index in [4.69, 9.17) is 4.74 Å². The highest BCUT2D eigenvalue weighted by molar-refractivity contribution is 5.91. The highest BCUT2D eigenvalue weighted by Crippen LogP contribution is 2.30. The Kier molecular flexibility index (Phi) is 12.2. The van der Waals surface area contributed by atoms with Crippen molar-refractivity contribution in [2.75, 3.05) is 57.7 Å². The molecular formula is C39H48N6O6. The van der Waals surface area contributed by atoms with Gasteiger partial charge in [-0.2, -0.15) is 0 Å². The summed E-state index contributed by atoms with van der Waals surface area (Å²) in [5, 5.41) is 30.8. The van der Waals surface area contributed by atoms with E-state index < -0.39 is 12.2 Å². The number of carbonyl (C=O) groups excluding carboxylic acids is 2. The molecule has 3 amide bonds. The molecule has 0 unspecified atom stereocenters. The zero-order valence-corrected chi connectivity index (χ0v) is 28.9. The highest BCUT2D eigenvalue weighted by atomic mass is 16.6. The minimum atomic E-state index is -0.787. The van der Waals surface area contributed by atoms with Crippen LogP contribution in [0.1, 0.15) is 43.8 Å². The predicted octanol–water partition coefficient (Wildman–Crippen LogP) is 5.05. The molecular weight excluding hydrogens is 648 g/mol. The largest absolute Gasteiger partial charge is 0.506 e. The third-order valence-electron chi connectivity index (χ3n) is 10.00. The monoisotopic (exact) mass is 696 g/mol. The molecule has 2 saturated heterocycles. The Labute approximate surface area is 297 Å². The summed E-state index contributed by atoms with van der Waals surface area (Å²) in [6.07, 6.45) is 2.95. The summed E-state index contributed by atoms with van der Waals surface area (Å²) in [7, 11) is 0. The van der Waals surface area contributed by atoms with E-state index in [1.165, 1.54) is 12.1 Å². The number of aromatic nitrogens is 1. The number of aliphatic hydroxyl groups excluding tert-OH is 1. The van der Waals surface area contributed by atoms with Crippen molar-refractivity contribution in [3.63, 3.8) is 0 Å². The molecule has 0 aliphatic carbocycles. The molecule has 6 N–H and O–H groups in total. The summed E-state index contributed by atoms with van der Waals surface area (Å²) in [6.45, 7) is 5.46. The van der Waals surface area contributed by atoms with Crippen molar-refractivity contribution in [3.05, 3.63) is 94.8 Å². The number of pyridine rings is 1. The zero-order chi connectivity index (χ0) is 35.6. The Balaban J connectivity index is 0.827. The first-order valence-corrected chi connectivity index (χ1v) is 17.9. The van der Waals surface area contributed by atoms with Crippen LogP contribution in [-0.2, 0) is 4.74 Å².